The Morgan fingerprint density at radius 1 is 1.07 bits per heavy atom. The number of aromatic nitrogens is 2. The SMILES string of the molecule is C[C@@H]1CC[C@H](CCc2ccc(F)cc2)N1C(=O)c1ccc2nccnc2c1. The van der Waals surface area contributed by atoms with Gasteiger partial charge in [0, 0.05) is 30.0 Å². The van der Waals surface area contributed by atoms with Crippen LogP contribution in [0.2, 0.25) is 0 Å². The summed E-state index contributed by atoms with van der Waals surface area (Å²) in [5.41, 5.74) is 3.28. The molecule has 2 atom stereocenters. The van der Waals surface area contributed by atoms with E-state index in [4.69, 9.17) is 0 Å². The third kappa shape index (κ3) is 3.68. The lowest BCUT2D eigenvalue weighted by molar-refractivity contribution is 0.0673. The molecule has 2 aromatic carbocycles. The van der Waals surface area contributed by atoms with E-state index in [1.807, 2.05) is 35.2 Å². The minimum atomic E-state index is -0.218. The van der Waals surface area contributed by atoms with E-state index >= 15 is 0 Å². The van der Waals surface area contributed by atoms with Crippen LogP contribution in [0, 0.1) is 5.82 Å². The minimum absolute atomic E-state index is 0.0525. The van der Waals surface area contributed by atoms with Crippen molar-refractivity contribution in [2.24, 2.45) is 0 Å². The van der Waals surface area contributed by atoms with Gasteiger partial charge in [0.2, 0.25) is 0 Å². The lowest BCUT2D eigenvalue weighted by atomic mass is 10.0. The van der Waals surface area contributed by atoms with Gasteiger partial charge >= 0.3 is 0 Å². The van der Waals surface area contributed by atoms with Gasteiger partial charge in [0.1, 0.15) is 5.82 Å². The lowest BCUT2D eigenvalue weighted by Gasteiger charge is -2.29. The number of hydrogen-bond acceptors (Lipinski definition) is 3. The first-order valence-corrected chi connectivity index (χ1v) is 9.40. The molecule has 0 radical (unpaired) electrons. The maximum Gasteiger partial charge on any atom is 0.254 e. The summed E-state index contributed by atoms with van der Waals surface area (Å²) in [5, 5.41) is 0. The first-order chi connectivity index (χ1) is 13.1. The molecule has 0 saturated carbocycles. The van der Waals surface area contributed by atoms with Crippen molar-refractivity contribution in [3.05, 3.63) is 71.8 Å². The Bertz CT molecular complexity index is 957. The number of rotatable bonds is 4. The van der Waals surface area contributed by atoms with Crippen LogP contribution in [0.5, 0.6) is 0 Å². The Balaban J connectivity index is 1.51. The smallest absolute Gasteiger partial charge is 0.254 e. The van der Waals surface area contributed by atoms with Crippen molar-refractivity contribution in [2.75, 3.05) is 0 Å². The zero-order valence-corrected chi connectivity index (χ0v) is 15.3. The van der Waals surface area contributed by atoms with Crippen molar-refractivity contribution < 1.29 is 9.18 Å². The van der Waals surface area contributed by atoms with Gasteiger partial charge in [-0.15, -0.1) is 0 Å². The highest BCUT2D eigenvalue weighted by atomic mass is 19.1. The van der Waals surface area contributed by atoms with Crippen molar-refractivity contribution in [3.63, 3.8) is 0 Å². The molecule has 1 saturated heterocycles. The van der Waals surface area contributed by atoms with E-state index in [1.54, 1.807) is 12.4 Å². The summed E-state index contributed by atoms with van der Waals surface area (Å²) < 4.78 is 13.1. The van der Waals surface area contributed by atoms with Gasteiger partial charge in [0.05, 0.1) is 11.0 Å². The molecule has 0 bridgehead atoms. The van der Waals surface area contributed by atoms with E-state index in [1.165, 1.54) is 12.1 Å². The number of carbonyl (C=O) groups excluding carboxylic acids is 1. The first-order valence-electron chi connectivity index (χ1n) is 9.40. The van der Waals surface area contributed by atoms with Gasteiger partial charge in [0.25, 0.3) is 5.91 Å². The molecule has 5 heteroatoms. The van der Waals surface area contributed by atoms with Gasteiger partial charge in [-0.25, -0.2) is 4.39 Å². The molecule has 1 fully saturated rings. The van der Waals surface area contributed by atoms with Crippen LogP contribution in [0.15, 0.2) is 54.9 Å². The molecule has 0 aliphatic carbocycles. The predicted octanol–water partition coefficient (Wildman–Crippen LogP) is 4.39. The van der Waals surface area contributed by atoms with E-state index in [9.17, 15) is 9.18 Å². The molecule has 0 unspecified atom stereocenters. The molecule has 1 aliphatic heterocycles. The summed E-state index contributed by atoms with van der Waals surface area (Å²) in [7, 11) is 0. The van der Waals surface area contributed by atoms with Crippen LogP contribution in [0.3, 0.4) is 0 Å². The second-order valence-corrected chi connectivity index (χ2v) is 7.22. The molecular formula is C22H22FN3O. The molecule has 4 rings (SSSR count). The zero-order chi connectivity index (χ0) is 18.8. The molecule has 138 valence electrons. The molecule has 0 N–H and O–H groups in total. The van der Waals surface area contributed by atoms with Crippen LogP contribution in [-0.4, -0.2) is 32.9 Å². The van der Waals surface area contributed by atoms with Gasteiger partial charge in [-0.05, 0) is 68.5 Å². The zero-order valence-electron chi connectivity index (χ0n) is 15.3. The molecular weight excluding hydrogens is 341 g/mol. The van der Waals surface area contributed by atoms with Gasteiger partial charge in [-0.1, -0.05) is 12.1 Å². The van der Waals surface area contributed by atoms with Gasteiger partial charge in [-0.2, -0.15) is 0 Å². The number of benzene rings is 2. The number of carbonyl (C=O) groups is 1. The number of hydrogen-bond donors (Lipinski definition) is 0. The third-order valence-electron chi connectivity index (χ3n) is 5.42. The fraction of sp³-hybridized carbons (Fsp3) is 0.318. The molecule has 0 spiro atoms. The van der Waals surface area contributed by atoms with Crippen molar-refractivity contribution in [1.82, 2.24) is 14.9 Å². The number of nitrogens with zero attached hydrogens (tertiary/aromatic N) is 3. The van der Waals surface area contributed by atoms with Crippen molar-refractivity contribution in [3.8, 4) is 0 Å². The fourth-order valence-electron chi connectivity index (χ4n) is 3.95. The first kappa shape index (κ1) is 17.6. The Morgan fingerprint density at radius 2 is 1.81 bits per heavy atom. The number of halogens is 1. The number of aryl methyl sites for hydroxylation is 1. The Hall–Kier alpha value is -2.82. The highest BCUT2D eigenvalue weighted by Gasteiger charge is 2.34. The Kier molecular flexibility index (Phi) is 4.84. The lowest BCUT2D eigenvalue weighted by Crippen LogP contribution is -2.40. The largest absolute Gasteiger partial charge is 0.333 e. The maximum atomic E-state index is 13.2. The van der Waals surface area contributed by atoms with Crippen LogP contribution >= 0.6 is 0 Å². The van der Waals surface area contributed by atoms with Crippen LogP contribution < -0.4 is 0 Å². The summed E-state index contributed by atoms with van der Waals surface area (Å²) in [4.78, 5) is 23.8. The summed E-state index contributed by atoms with van der Waals surface area (Å²) in [5.74, 6) is -0.166. The molecule has 2 heterocycles. The van der Waals surface area contributed by atoms with Crippen molar-refractivity contribution in [1.29, 1.82) is 0 Å². The van der Waals surface area contributed by atoms with E-state index in [-0.39, 0.29) is 23.8 Å². The minimum Gasteiger partial charge on any atom is -0.333 e. The quantitative estimate of drug-likeness (QED) is 0.690. The summed E-state index contributed by atoms with van der Waals surface area (Å²) in [6.45, 7) is 2.11. The predicted molar refractivity (Wildman–Crippen MR) is 103 cm³/mol. The van der Waals surface area contributed by atoms with Crippen LogP contribution in [-0.2, 0) is 6.42 Å². The number of amides is 1. The Morgan fingerprint density at radius 3 is 2.59 bits per heavy atom. The van der Waals surface area contributed by atoms with Gasteiger partial charge in [-0.3, -0.25) is 14.8 Å². The molecule has 27 heavy (non-hydrogen) atoms. The normalized spacial score (nSPS) is 19.6. The summed E-state index contributed by atoms with van der Waals surface area (Å²) >= 11 is 0. The molecule has 1 aliphatic rings. The van der Waals surface area contributed by atoms with E-state index in [0.717, 1.165) is 42.3 Å². The van der Waals surface area contributed by atoms with E-state index in [2.05, 4.69) is 16.9 Å². The molecule has 1 aromatic heterocycles. The topological polar surface area (TPSA) is 46.1 Å². The standard InChI is InChI=1S/C22H22FN3O/c1-15-2-9-19(10-5-16-3-7-18(23)8-4-16)26(15)22(27)17-6-11-20-21(14-17)25-13-12-24-20/h3-4,6-8,11-15,19H,2,5,9-10H2,1H3/t15-,19-/m1/s1. The summed E-state index contributed by atoms with van der Waals surface area (Å²) in [6.07, 6.45) is 7.02. The fourth-order valence-corrected chi connectivity index (χ4v) is 3.95. The molecule has 1 amide bonds. The van der Waals surface area contributed by atoms with Gasteiger partial charge < -0.3 is 4.90 Å². The monoisotopic (exact) mass is 363 g/mol. The third-order valence-corrected chi connectivity index (χ3v) is 5.42. The van der Waals surface area contributed by atoms with Crippen molar-refractivity contribution in [2.45, 2.75) is 44.7 Å². The maximum absolute atomic E-state index is 13.2. The second kappa shape index (κ2) is 7.43. The highest BCUT2D eigenvalue weighted by Crippen LogP contribution is 2.29. The number of likely N-dealkylation sites (tertiary alicyclic amines) is 1. The summed E-state index contributed by atoms with van der Waals surface area (Å²) in [6, 6.07) is 12.6. The van der Waals surface area contributed by atoms with Crippen molar-refractivity contribution >= 4 is 16.9 Å². The van der Waals surface area contributed by atoms with Crippen LogP contribution in [0.4, 0.5) is 4.39 Å². The van der Waals surface area contributed by atoms with E-state index < -0.39 is 0 Å². The average molecular weight is 363 g/mol. The second-order valence-electron chi connectivity index (χ2n) is 7.22. The molecule has 3 aromatic rings. The van der Waals surface area contributed by atoms with Crippen LogP contribution in [0.1, 0.15) is 42.1 Å². The number of fused-ring (bicyclic) bond motifs is 1. The highest BCUT2D eigenvalue weighted by molar-refractivity contribution is 5.97. The van der Waals surface area contributed by atoms with Crippen LogP contribution in [0.25, 0.3) is 11.0 Å². The Labute approximate surface area is 158 Å². The van der Waals surface area contributed by atoms with E-state index in [0.29, 0.717) is 5.56 Å². The molecule has 4 nitrogen and oxygen atoms in total. The average Bonchev–Trinajstić information content (AvgIpc) is 3.07. The van der Waals surface area contributed by atoms with Gasteiger partial charge in [0.15, 0.2) is 0 Å².